The second kappa shape index (κ2) is 3.03. The molecule has 0 fully saturated rings. The van der Waals surface area contributed by atoms with Crippen molar-refractivity contribution < 1.29 is 0 Å². The van der Waals surface area contributed by atoms with Gasteiger partial charge >= 0.3 is 0 Å². The smallest absolute Gasteiger partial charge is 0.166 e. The minimum absolute atomic E-state index is 0.521. The molecule has 0 atom stereocenters. The van der Waals surface area contributed by atoms with Gasteiger partial charge in [0.1, 0.15) is 4.64 Å². The summed E-state index contributed by atoms with van der Waals surface area (Å²) >= 11 is 6.38. The third-order valence-corrected chi connectivity index (χ3v) is 1.93. The summed E-state index contributed by atoms with van der Waals surface area (Å²) in [6.07, 6.45) is 3.48. The summed E-state index contributed by atoms with van der Waals surface area (Å²) in [5.41, 5.74) is 5.96. The zero-order valence-electron chi connectivity index (χ0n) is 5.42. The number of nitrogens with two attached hydrogens (primary N) is 1. The third kappa shape index (κ3) is 1.48. The van der Waals surface area contributed by atoms with Gasteiger partial charge in [-0.1, -0.05) is 24.0 Å². The molecule has 3 N–H and O–H groups in total. The average Bonchev–Trinajstić information content (AvgIpc) is 1.95. The Hall–Kier alpha value is -0.550. The molecule has 0 aromatic carbocycles. The Morgan fingerprint density at radius 3 is 3.00 bits per heavy atom. The SMILES string of the molecule is CSc1ncc(N)c(=S)[nH]1. The van der Waals surface area contributed by atoms with Crippen molar-refractivity contribution in [2.45, 2.75) is 5.16 Å². The largest absolute Gasteiger partial charge is 0.395 e. The molecular formula is C5H7N3S2. The fourth-order valence-corrected chi connectivity index (χ4v) is 1.07. The Morgan fingerprint density at radius 1 is 1.80 bits per heavy atom. The Bertz CT molecular complexity index is 280. The van der Waals surface area contributed by atoms with Crippen LogP contribution in [0.25, 0.3) is 0 Å². The number of nitrogens with one attached hydrogen (secondary N) is 1. The van der Waals surface area contributed by atoms with Crippen molar-refractivity contribution in [2.24, 2.45) is 0 Å². The van der Waals surface area contributed by atoms with Gasteiger partial charge in [0.05, 0.1) is 11.9 Å². The Balaban J connectivity index is 3.17. The number of H-pyrrole nitrogens is 1. The number of aromatic amines is 1. The highest BCUT2D eigenvalue weighted by Crippen LogP contribution is 2.09. The van der Waals surface area contributed by atoms with E-state index < -0.39 is 0 Å². The molecule has 1 rings (SSSR count). The number of aromatic nitrogens is 2. The van der Waals surface area contributed by atoms with E-state index in [0.717, 1.165) is 5.16 Å². The Labute approximate surface area is 68.1 Å². The highest BCUT2D eigenvalue weighted by molar-refractivity contribution is 7.98. The topological polar surface area (TPSA) is 54.7 Å². The summed E-state index contributed by atoms with van der Waals surface area (Å²) in [6, 6.07) is 0. The monoisotopic (exact) mass is 173 g/mol. The van der Waals surface area contributed by atoms with E-state index >= 15 is 0 Å². The van der Waals surface area contributed by atoms with E-state index in [0.29, 0.717) is 10.3 Å². The molecule has 1 aromatic rings. The van der Waals surface area contributed by atoms with Crippen LogP contribution in [0.2, 0.25) is 0 Å². The minimum Gasteiger partial charge on any atom is -0.395 e. The van der Waals surface area contributed by atoms with Crippen molar-refractivity contribution in [1.29, 1.82) is 0 Å². The fourth-order valence-electron chi connectivity index (χ4n) is 0.492. The number of thioether (sulfide) groups is 1. The van der Waals surface area contributed by atoms with Crippen molar-refractivity contribution in [2.75, 3.05) is 12.0 Å². The van der Waals surface area contributed by atoms with Gasteiger partial charge in [0.25, 0.3) is 0 Å². The molecule has 0 spiro atoms. The van der Waals surface area contributed by atoms with E-state index in [1.54, 1.807) is 6.20 Å². The van der Waals surface area contributed by atoms with Crippen molar-refractivity contribution in [3.8, 4) is 0 Å². The average molecular weight is 173 g/mol. The molecule has 0 aliphatic carbocycles. The van der Waals surface area contributed by atoms with E-state index in [4.69, 9.17) is 18.0 Å². The maximum atomic E-state index is 5.44. The molecule has 3 nitrogen and oxygen atoms in total. The number of rotatable bonds is 1. The summed E-state index contributed by atoms with van der Waals surface area (Å²) in [5.74, 6) is 0. The summed E-state index contributed by atoms with van der Waals surface area (Å²) < 4.78 is 0.555. The molecule has 0 saturated heterocycles. The predicted molar refractivity (Wildman–Crippen MR) is 45.6 cm³/mol. The van der Waals surface area contributed by atoms with Crippen molar-refractivity contribution in [1.82, 2.24) is 9.97 Å². The van der Waals surface area contributed by atoms with Crippen LogP contribution < -0.4 is 5.73 Å². The van der Waals surface area contributed by atoms with Crippen LogP contribution in [0.4, 0.5) is 5.69 Å². The van der Waals surface area contributed by atoms with Crippen LogP contribution in [-0.2, 0) is 0 Å². The molecule has 0 aliphatic rings. The quantitative estimate of drug-likeness (QED) is 0.383. The second-order valence-electron chi connectivity index (χ2n) is 1.68. The molecule has 0 unspecified atom stereocenters. The van der Waals surface area contributed by atoms with Crippen LogP contribution in [-0.4, -0.2) is 16.2 Å². The standard InChI is InChI=1S/C5H7N3S2/c1-10-5-7-2-3(6)4(9)8-5/h2H,6H2,1H3,(H,7,8,9). The third-order valence-electron chi connectivity index (χ3n) is 0.997. The maximum absolute atomic E-state index is 5.44. The van der Waals surface area contributed by atoms with E-state index in [1.165, 1.54) is 11.8 Å². The first-order valence-corrected chi connectivity index (χ1v) is 4.26. The van der Waals surface area contributed by atoms with Crippen molar-refractivity contribution >= 4 is 29.7 Å². The van der Waals surface area contributed by atoms with Crippen LogP contribution >= 0.6 is 24.0 Å². The van der Waals surface area contributed by atoms with Gasteiger partial charge in [-0.15, -0.1) is 0 Å². The molecule has 0 saturated carbocycles. The summed E-state index contributed by atoms with van der Waals surface area (Å²) in [6.45, 7) is 0. The number of nitrogen functional groups attached to an aromatic ring is 1. The molecule has 0 bridgehead atoms. The molecule has 0 aliphatic heterocycles. The molecule has 1 aromatic heterocycles. The van der Waals surface area contributed by atoms with Crippen LogP contribution in [0, 0.1) is 4.64 Å². The zero-order valence-corrected chi connectivity index (χ0v) is 7.05. The van der Waals surface area contributed by atoms with Gasteiger partial charge in [0.2, 0.25) is 0 Å². The highest BCUT2D eigenvalue weighted by Gasteiger charge is 1.91. The lowest BCUT2D eigenvalue weighted by Gasteiger charge is -1.95. The van der Waals surface area contributed by atoms with Gasteiger partial charge in [0.15, 0.2) is 5.16 Å². The molecule has 1 heterocycles. The van der Waals surface area contributed by atoms with E-state index in [2.05, 4.69) is 9.97 Å². The maximum Gasteiger partial charge on any atom is 0.166 e. The van der Waals surface area contributed by atoms with E-state index in [1.807, 2.05) is 6.26 Å². The predicted octanol–water partition coefficient (Wildman–Crippen LogP) is 1.44. The lowest BCUT2D eigenvalue weighted by Crippen LogP contribution is -1.92. The summed E-state index contributed by atoms with van der Waals surface area (Å²) in [4.78, 5) is 6.84. The lowest BCUT2D eigenvalue weighted by molar-refractivity contribution is 0.964. The van der Waals surface area contributed by atoms with Crippen molar-refractivity contribution in [3.63, 3.8) is 0 Å². The second-order valence-corrected chi connectivity index (χ2v) is 2.88. The highest BCUT2D eigenvalue weighted by atomic mass is 32.2. The van der Waals surface area contributed by atoms with Crippen LogP contribution in [0.3, 0.4) is 0 Å². The fraction of sp³-hybridized carbons (Fsp3) is 0.200. The minimum atomic E-state index is 0.521. The van der Waals surface area contributed by atoms with Gasteiger partial charge in [-0.3, -0.25) is 0 Å². The summed E-state index contributed by atoms with van der Waals surface area (Å²) in [5, 5.41) is 0.791. The first-order valence-electron chi connectivity index (χ1n) is 2.63. The van der Waals surface area contributed by atoms with Crippen LogP contribution in [0.5, 0.6) is 0 Å². The molecule has 0 amide bonds. The van der Waals surface area contributed by atoms with E-state index in [-0.39, 0.29) is 0 Å². The molecule has 54 valence electrons. The normalized spacial score (nSPS) is 9.70. The number of nitrogens with zero attached hydrogens (tertiary/aromatic N) is 1. The van der Waals surface area contributed by atoms with Crippen LogP contribution in [0.1, 0.15) is 0 Å². The molecular weight excluding hydrogens is 166 g/mol. The van der Waals surface area contributed by atoms with E-state index in [9.17, 15) is 0 Å². The lowest BCUT2D eigenvalue weighted by atomic mass is 10.6. The van der Waals surface area contributed by atoms with Crippen molar-refractivity contribution in [3.05, 3.63) is 10.8 Å². The first kappa shape index (κ1) is 7.56. The molecule has 5 heteroatoms. The Morgan fingerprint density at radius 2 is 2.50 bits per heavy atom. The van der Waals surface area contributed by atoms with Crippen LogP contribution in [0.15, 0.2) is 11.4 Å². The zero-order chi connectivity index (χ0) is 7.56. The van der Waals surface area contributed by atoms with Gasteiger partial charge in [-0.2, -0.15) is 0 Å². The molecule has 0 radical (unpaired) electrons. The van der Waals surface area contributed by atoms with Gasteiger partial charge < -0.3 is 10.7 Å². The number of hydrogen-bond acceptors (Lipinski definition) is 4. The summed E-state index contributed by atoms with van der Waals surface area (Å²) in [7, 11) is 0. The van der Waals surface area contributed by atoms with Gasteiger partial charge in [0, 0.05) is 0 Å². The number of hydrogen-bond donors (Lipinski definition) is 2. The number of anilines is 1. The van der Waals surface area contributed by atoms with Gasteiger partial charge in [-0.05, 0) is 6.26 Å². The first-order chi connectivity index (χ1) is 4.74. The van der Waals surface area contributed by atoms with Gasteiger partial charge in [-0.25, -0.2) is 4.98 Å². The molecule has 10 heavy (non-hydrogen) atoms. The Kier molecular flexibility index (Phi) is 2.29.